The molecular formula is C32H66N2O. The summed E-state index contributed by atoms with van der Waals surface area (Å²) in [6.45, 7) is 12.9. The lowest BCUT2D eigenvalue weighted by atomic mass is 10.0. The minimum atomic E-state index is 0.509. The van der Waals surface area contributed by atoms with Crippen molar-refractivity contribution in [1.29, 1.82) is 0 Å². The summed E-state index contributed by atoms with van der Waals surface area (Å²) in [6, 6.07) is 0. The van der Waals surface area contributed by atoms with Gasteiger partial charge < -0.3 is 9.80 Å². The normalized spacial score (nSPS) is 11.7. The molecule has 0 saturated heterocycles. The predicted molar refractivity (Wildman–Crippen MR) is 158 cm³/mol. The fourth-order valence-corrected chi connectivity index (χ4v) is 5.03. The van der Waals surface area contributed by atoms with Gasteiger partial charge in [0.15, 0.2) is 0 Å². The highest BCUT2D eigenvalue weighted by Gasteiger charge is 2.08. The van der Waals surface area contributed by atoms with Crippen LogP contribution in [0, 0.1) is 0 Å². The van der Waals surface area contributed by atoms with E-state index in [1.807, 2.05) is 0 Å². The van der Waals surface area contributed by atoms with Gasteiger partial charge in [0, 0.05) is 25.9 Å². The number of carbonyl (C=O) groups excluding carboxylic acids is 1. The molecule has 3 nitrogen and oxygen atoms in total. The molecule has 0 saturated carbocycles. The van der Waals surface area contributed by atoms with Gasteiger partial charge in [0.05, 0.1) is 0 Å². The average molecular weight is 495 g/mol. The lowest BCUT2D eigenvalue weighted by molar-refractivity contribution is -0.119. The van der Waals surface area contributed by atoms with Gasteiger partial charge in [-0.25, -0.2) is 0 Å². The second-order valence-electron chi connectivity index (χ2n) is 11.2. The SMILES string of the molecule is CCCCCCCCCCCCC(=O)CCCCCN(CCCCCCCC)CCN(C)CCC. The Kier molecular flexibility index (Phi) is 27.8. The first kappa shape index (κ1) is 34.6. The van der Waals surface area contributed by atoms with Crippen molar-refractivity contribution in [3.05, 3.63) is 0 Å². The molecular weight excluding hydrogens is 428 g/mol. The van der Waals surface area contributed by atoms with Gasteiger partial charge in [-0.1, -0.05) is 117 Å². The molecule has 0 unspecified atom stereocenters. The summed E-state index contributed by atoms with van der Waals surface area (Å²) < 4.78 is 0. The van der Waals surface area contributed by atoms with Crippen LogP contribution in [0.15, 0.2) is 0 Å². The van der Waals surface area contributed by atoms with Crippen molar-refractivity contribution in [2.45, 2.75) is 162 Å². The van der Waals surface area contributed by atoms with E-state index in [-0.39, 0.29) is 0 Å². The molecule has 0 radical (unpaired) electrons. The van der Waals surface area contributed by atoms with Crippen LogP contribution < -0.4 is 0 Å². The minimum absolute atomic E-state index is 0.509. The number of hydrogen-bond donors (Lipinski definition) is 0. The van der Waals surface area contributed by atoms with Crippen LogP contribution >= 0.6 is 0 Å². The molecule has 0 heterocycles. The average Bonchev–Trinajstić information content (AvgIpc) is 2.85. The van der Waals surface area contributed by atoms with E-state index in [0.29, 0.717) is 5.78 Å². The van der Waals surface area contributed by atoms with E-state index in [4.69, 9.17) is 0 Å². The molecule has 0 aliphatic rings. The minimum Gasteiger partial charge on any atom is -0.305 e. The second-order valence-corrected chi connectivity index (χ2v) is 11.2. The highest BCUT2D eigenvalue weighted by atomic mass is 16.1. The largest absolute Gasteiger partial charge is 0.305 e. The van der Waals surface area contributed by atoms with Crippen LogP contribution in [0.3, 0.4) is 0 Å². The van der Waals surface area contributed by atoms with Crippen molar-refractivity contribution in [3.63, 3.8) is 0 Å². The highest BCUT2D eigenvalue weighted by molar-refractivity contribution is 5.78. The number of ketones is 1. The number of nitrogens with zero attached hydrogens (tertiary/aromatic N) is 2. The fraction of sp³-hybridized carbons (Fsp3) is 0.969. The Morgan fingerprint density at radius 3 is 1.29 bits per heavy atom. The van der Waals surface area contributed by atoms with Gasteiger partial charge in [0.1, 0.15) is 5.78 Å². The molecule has 0 aliphatic heterocycles. The van der Waals surface area contributed by atoms with Gasteiger partial charge in [-0.3, -0.25) is 4.79 Å². The molecule has 0 fully saturated rings. The molecule has 0 aliphatic carbocycles. The van der Waals surface area contributed by atoms with E-state index >= 15 is 0 Å². The van der Waals surface area contributed by atoms with Gasteiger partial charge in [-0.2, -0.15) is 0 Å². The molecule has 0 aromatic rings. The molecule has 3 heteroatoms. The first-order valence-corrected chi connectivity index (χ1v) is 16.1. The van der Waals surface area contributed by atoms with E-state index in [9.17, 15) is 4.79 Å². The van der Waals surface area contributed by atoms with Crippen molar-refractivity contribution in [2.24, 2.45) is 0 Å². The molecule has 35 heavy (non-hydrogen) atoms. The topological polar surface area (TPSA) is 23.6 Å². The van der Waals surface area contributed by atoms with Crippen LogP contribution in [0.5, 0.6) is 0 Å². The van der Waals surface area contributed by atoms with E-state index in [1.54, 1.807) is 0 Å². The highest BCUT2D eigenvalue weighted by Crippen LogP contribution is 2.13. The number of hydrogen-bond acceptors (Lipinski definition) is 3. The Morgan fingerprint density at radius 2 is 0.829 bits per heavy atom. The third kappa shape index (κ3) is 26.5. The summed E-state index contributed by atoms with van der Waals surface area (Å²) in [5.41, 5.74) is 0. The summed E-state index contributed by atoms with van der Waals surface area (Å²) in [7, 11) is 2.26. The third-order valence-electron chi connectivity index (χ3n) is 7.47. The molecule has 0 N–H and O–H groups in total. The summed E-state index contributed by atoms with van der Waals surface area (Å²) >= 11 is 0. The first-order valence-electron chi connectivity index (χ1n) is 16.1. The molecule has 0 aromatic carbocycles. The van der Waals surface area contributed by atoms with Gasteiger partial charge >= 0.3 is 0 Å². The van der Waals surface area contributed by atoms with Crippen LogP contribution in [0.2, 0.25) is 0 Å². The van der Waals surface area contributed by atoms with Crippen molar-refractivity contribution >= 4 is 5.78 Å². The maximum atomic E-state index is 12.2. The zero-order valence-corrected chi connectivity index (χ0v) is 24.9. The van der Waals surface area contributed by atoms with Crippen LogP contribution in [-0.2, 0) is 4.79 Å². The summed E-state index contributed by atoms with van der Waals surface area (Å²) in [5.74, 6) is 0.509. The monoisotopic (exact) mass is 495 g/mol. The van der Waals surface area contributed by atoms with Gasteiger partial charge in [0.25, 0.3) is 0 Å². The Bertz CT molecular complexity index is 426. The second kappa shape index (κ2) is 28.2. The van der Waals surface area contributed by atoms with Crippen molar-refractivity contribution in [3.8, 4) is 0 Å². The maximum absolute atomic E-state index is 12.2. The van der Waals surface area contributed by atoms with Crippen molar-refractivity contribution in [1.82, 2.24) is 9.80 Å². The molecule has 0 bridgehead atoms. The van der Waals surface area contributed by atoms with E-state index in [2.05, 4.69) is 37.6 Å². The van der Waals surface area contributed by atoms with Crippen LogP contribution in [0.25, 0.3) is 0 Å². The van der Waals surface area contributed by atoms with Crippen LogP contribution in [0.4, 0.5) is 0 Å². The van der Waals surface area contributed by atoms with E-state index < -0.39 is 0 Å². The summed E-state index contributed by atoms with van der Waals surface area (Å²) in [5, 5.41) is 0. The molecule has 0 rings (SSSR count). The molecule has 0 aromatic heterocycles. The van der Waals surface area contributed by atoms with Crippen molar-refractivity contribution in [2.75, 3.05) is 39.8 Å². The Hall–Kier alpha value is -0.410. The Balaban J connectivity index is 3.80. The molecule has 0 atom stereocenters. The summed E-state index contributed by atoms with van der Waals surface area (Å²) in [6.07, 6.45) is 28.1. The number of Topliss-reactive ketones (excluding diaryl/α,β-unsaturated/α-hetero) is 1. The standard InChI is InChI=1S/C32H66N2O/c1-5-8-10-12-14-15-16-17-18-21-25-32(35)26-22-20-24-29-34(31-30-33(4)27-7-3)28-23-19-13-11-9-6-2/h5-31H2,1-4H3. The third-order valence-corrected chi connectivity index (χ3v) is 7.47. The van der Waals surface area contributed by atoms with E-state index in [1.165, 1.54) is 148 Å². The number of unbranched alkanes of at least 4 members (excludes halogenated alkanes) is 16. The Morgan fingerprint density at radius 1 is 0.429 bits per heavy atom. The predicted octanol–water partition coefficient (Wildman–Crippen LogP) is 9.43. The van der Waals surface area contributed by atoms with E-state index in [0.717, 1.165) is 25.7 Å². The van der Waals surface area contributed by atoms with Gasteiger partial charge in [-0.15, -0.1) is 0 Å². The first-order chi connectivity index (χ1) is 17.1. The van der Waals surface area contributed by atoms with Crippen molar-refractivity contribution < 1.29 is 4.79 Å². The maximum Gasteiger partial charge on any atom is 0.132 e. The Labute approximate surface area is 222 Å². The molecule has 0 spiro atoms. The molecule has 210 valence electrons. The number of likely N-dealkylation sites (N-methyl/N-ethyl adjacent to an activating group) is 1. The quantitative estimate of drug-likeness (QED) is 0.0967. The molecule has 0 amide bonds. The number of carbonyl (C=O) groups is 1. The lowest BCUT2D eigenvalue weighted by Gasteiger charge is -2.25. The van der Waals surface area contributed by atoms with Gasteiger partial charge in [-0.05, 0) is 58.8 Å². The zero-order chi connectivity index (χ0) is 25.8. The van der Waals surface area contributed by atoms with Gasteiger partial charge in [0.2, 0.25) is 0 Å². The number of rotatable bonds is 29. The smallest absolute Gasteiger partial charge is 0.132 e. The fourth-order valence-electron chi connectivity index (χ4n) is 5.03. The zero-order valence-electron chi connectivity index (χ0n) is 24.9. The van der Waals surface area contributed by atoms with Crippen LogP contribution in [0.1, 0.15) is 162 Å². The lowest BCUT2D eigenvalue weighted by Crippen LogP contribution is -2.35. The summed E-state index contributed by atoms with van der Waals surface area (Å²) in [4.78, 5) is 17.4. The van der Waals surface area contributed by atoms with Crippen LogP contribution in [-0.4, -0.2) is 55.4 Å².